The second kappa shape index (κ2) is 4.73. The summed E-state index contributed by atoms with van der Waals surface area (Å²) in [6.45, 7) is 1.59. The normalized spacial score (nSPS) is 23.9. The van der Waals surface area contributed by atoms with Crippen LogP contribution in [-0.4, -0.2) is 20.9 Å². The Morgan fingerprint density at radius 3 is 2.38 bits per heavy atom. The number of alkyl halides is 1. The average molecular weight is 296 g/mol. The van der Waals surface area contributed by atoms with Crippen molar-refractivity contribution in [1.29, 1.82) is 0 Å². The van der Waals surface area contributed by atoms with Crippen molar-refractivity contribution in [2.45, 2.75) is 44.6 Å². The molecular formula is C10H17IO2. The van der Waals surface area contributed by atoms with E-state index in [9.17, 15) is 9.90 Å². The van der Waals surface area contributed by atoms with Gasteiger partial charge in [-0.3, -0.25) is 4.79 Å². The standard InChI is InChI=1S/C10H17IO2/c1-8(12)9(7-11)10(13)5-3-2-4-6-10/h9,13H,2-7H2,1H3/t9-/m0/s1. The molecule has 0 radical (unpaired) electrons. The summed E-state index contributed by atoms with van der Waals surface area (Å²) in [6, 6.07) is 0. The van der Waals surface area contributed by atoms with Gasteiger partial charge in [0.2, 0.25) is 0 Å². The monoisotopic (exact) mass is 296 g/mol. The van der Waals surface area contributed by atoms with E-state index >= 15 is 0 Å². The first-order valence-corrected chi connectivity index (χ1v) is 6.41. The van der Waals surface area contributed by atoms with Crippen LogP contribution in [0, 0.1) is 5.92 Å². The lowest BCUT2D eigenvalue weighted by Gasteiger charge is -2.37. The molecule has 0 amide bonds. The van der Waals surface area contributed by atoms with Gasteiger partial charge in [-0.2, -0.15) is 0 Å². The van der Waals surface area contributed by atoms with E-state index in [-0.39, 0.29) is 11.7 Å². The Labute approximate surface area is 93.2 Å². The predicted octanol–water partition coefficient (Wildman–Crippen LogP) is 2.32. The third kappa shape index (κ3) is 2.65. The highest BCUT2D eigenvalue weighted by atomic mass is 127. The Kier molecular flexibility index (Phi) is 4.16. The van der Waals surface area contributed by atoms with Crippen molar-refractivity contribution in [2.75, 3.05) is 4.43 Å². The molecule has 76 valence electrons. The van der Waals surface area contributed by atoms with Crippen LogP contribution in [0.25, 0.3) is 0 Å². The molecule has 1 fully saturated rings. The van der Waals surface area contributed by atoms with Gasteiger partial charge in [0.1, 0.15) is 5.78 Å². The van der Waals surface area contributed by atoms with Crippen molar-refractivity contribution in [3.05, 3.63) is 0 Å². The summed E-state index contributed by atoms with van der Waals surface area (Å²) in [6.07, 6.45) is 4.95. The first kappa shape index (κ1) is 11.4. The van der Waals surface area contributed by atoms with Crippen molar-refractivity contribution < 1.29 is 9.90 Å². The number of halogens is 1. The van der Waals surface area contributed by atoms with Gasteiger partial charge in [-0.05, 0) is 19.8 Å². The van der Waals surface area contributed by atoms with Crippen LogP contribution in [0.2, 0.25) is 0 Å². The smallest absolute Gasteiger partial charge is 0.136 e. The molecule has 1 aliphatic carbocycles. The van der Waals surface area contributed by atoms with Crippen LogP contribution in [0.5, 0.6) is 0 Å². The van der Waals surface area contributed by atoms with Crippen molar-refractivity contribution >= 4 is 28.4 Å². The van der Waals surface area contributed by atoms with Gasteiger partial charge in [-0.15, -0.1) is 0 Å². The molecule has 1 saturated carbocycles. The Balaban J connectivity index is 2.68. The van der Waals surface area contributed by atoms with E-state index in [1.807, 2.05) is 0 Å². The van der Waals surface area contributed by atoms with Crippen LogP contribution < -0.4 is 0 Å². The van der Waals surface area contributed by atoms with E-state index in [0.29, 0.717) is 0 Å². The minimum absolute atomic E-state index is 0.138. The van der Waals surface area contributed by atoms with Gasteiger partial charge < -0.3 is 5.11 Å². The molecule has 0 bridgehead atoms. The second-order valence-corrected chi connectivity index (χ2v) is 4.86. The molecule has 1 atom stereocenters. The van der Waals surface area contributed by atoms with Gasteiger partial charge >= 0.3 is 0 Å². The van der Waals surface area contributed by atoms with Crippen molar-refractivity contribution in [1.82, 2.24) is 0 Å². The summed E-state index contributed by atoms with van der Waals surface area (Å²) in [5.74, 6) is -0.00722. The summed E-state index contributed by atoms with van der Waals surface area (Å²) in [4.78, 5) is 11.3. The van der Waals surface area contributed by atoms with Crippen molar-refractivity contribution in [3.63, 3.8) is 0 Å². The second-order valence-electron chi connectivity index (χ2n) is 3.98. The van der Waals surface area contributed by atoms with Gasteiger partial charge in [0.05, 0.1) is 11.5 Å². The zero-order valence-electron chi connectivity index (χ0n) is 8.05. The van der Waals surface area contributed by atoms with E-state index in [1.165, 1.54) is 6.42 Å². The lowest BCUT2D eigenvalue weighted by molar-refractivity contribution is -0.131. The van der Waals surface area contributed by atoms with Crippen LogP contribution in [0.3, 0.4) is 0 Å². The number of ketones is 1. The van der Waals surface area contributed by atoms with Crippen LogP contribution in [0.4, 0.5) is 0 Å². The quantitative estimate of drug-likeness (QED) is 0.641. The third-order valence-corrected chi connectivity index (χ3v) is 3.89. The highest BCUT2D eigenvalue weighted by Crippen LogP contribution is 2.35. The molecule has 2 nitrogen and oxygen atoms in total. The zero-order valence-corrected chi connectivity index (χ0v) is 10.2. The molecule has 0 spiro atoms. The van der Waals surface area contributed by atoms with Crippen LogP contribution in [-0.2, 0) is 4.79 Å². The molecule has 1 N–H and O–H groups in total. The van der Waals surface area contributed by atoms with Crippen molar-refractivity contribution in [2.24, 2.45) is 5.92 Å². The lowest BCUT2D eigenvalue weighted by atomic mass is 9.75. The molecule has 0 aromatic carbocycles. The molecule has 13 heavy (non-hydrogen) atoms. The number of hydrogen-bond acceptors (Lipinski definition) is 2. The summed E-state index contributed by atoms with van der Waals surface area (Å²) >= 11 is 2.20. The van der Waals surface area contributed by atoms with Gasteiger partial charge in [0.25, 0.3) is 0 Å². The number of rotatable bonds is 3. The summed E-state index contributed by atoms with van der Waals surface area (Å²) < 4.78 is 0.740. The number of carbonyl (C=O) groups excluding carboxylic acids is 1. The molecule has 0 saturated heterocycles. The molecule has 0 heterocycles. The molecule has 1 rings (SSSR count). The summed E-state index contributed by atoms with van der Waals surface area (Å²) in [5.41, 5.74) is -0.689. The topological polar surface area (TPSA) is 37.3 Å². The number of carbonyl (C=O) groups is 1. The largest absolute Gasteiger partial charge is 0.389 e. The fraction of sp³-hybridized carbons (Fsp3) is 0.900. The van der Waals surface area contributed by atoms with Crippen molar-refractivity contribution in [3.8, 4) is 0 Å². The minimum Gasteiger partial charge on any atom is -0.389 e. The van der Waals surface area contributed by atoms with Crippen LogP contribution in [0.1, 0.15) is 39.0 Å². The maximum atomic E-state index is 11.3. The minimum atomic E-state index is -0.689. The Morgan fingerprint density at radius 2 is 2.00 bits per heavy atom. The molecule has 0 aromatic heterocycles. The van der Waals surface area contributed by atoms with Gasteiger partial charge in [-0.1, -0.05) is 41.9 Å². The van der Waals surface area contributed by atoms with E-state index in [1.54, 1.807) is 6.92 Å². The molecule has 0 aliphatic heterocycles. The van der Waals surface area contributed by atoms with E-state index in [0.717, 1.165) is 30.1 Å². The average Bonchev–Trinajstić information content (AvgIpc) is 2.05. The summed E-state index contributed by atoms with van der Waals surface area (Å²) in [7, 11) is 0. The highest BCUT2D eigenvalue weighted by molar-refractivity contribution is 14.1. The van der Waals surface area contributed by atoms with Gasteiger partial charge in [0, 0.05) is 4.43 Å². The fourth-order valence-corrected chi connectivity index (χ4v) is 3.58. The molecule has 0 aromatic rings. The first-order chi connectivity index (χ1) is 6.10. The lowest BCUT2D eigenvalue weighted by Crippen LogP contribution is -2.44. The fourth-order valence-electron chi connectivity index (χ4n) is 2.14. The number of aliphatic hydroxyl groups is 1. The van der Waals surface area contributed by atoms with Crippen LogP contribution >= 0.6 is 22.6 Å². The third-order valence-electron chi connectivity index (χ3n) is 3.01. The predicted molar refractivity (Wildman–Crippen MR) is 61.1 cm³/mol. The van der Waals surface area contributed by atoms with E-state index in [2.05, 4.69) is 22.6 Å². The zero-order chi connectivity index (χ0) is 9.90. The Morgan fingerprint density at radius 1 is 1.46 bits per heavy atom. The maximum absolute atomic E-state index is 11.3. The SMILES string of the molecule is CC(=O)[C@H](CI)C1(O)CCCCC1. The molecule has 1 aliphatic rings. The molecule has 0 unspecified atom stereocenters. The highest BCUT2D eigenvalue weighted by Gasteiger charge is 2.39. The van der Waals surface area contributed by atoms with Crippen LogP contribution in [0.15, 0.2) is 0 Å². The Hall–Kier alpha value is 0.360. The number of hydrogen-bond donors (Lipinski definition) is 1. The first-order valence-electron chi connectivity index (χ1n) is 4.89. The van der Waals surface area contributed by atoms with Gasteiger partial charge in [0.15, 0.2) is 0 Å². The van der Waals surface area contributed by atoms with Gasteiger partial charge in [-0.25, -0.2) is 0 Å². The van der Waals surface area contributed by atoms with E-state index < -0.39 is 5.60 Å². The molecular weight excluding hydrogens is 279 g/mol. The Bertz CT molecular complexity index is 185. The maximum Gasteiger partial charge on any atom is 0.136 e. The van der Waals surface area contributed by atoms with E-state index in [4.69, 9.17) is 0 Å². The summed E-state index contributed by atoms with van der Waals surface area (Å²) in [5, 5.41) is 10.3. The molecule has 3 heteroatoms. The number of Topliss-reactive ketones (excluding diaryl/α,β-unsaturated/α-hetero) is 1.